The molecule has 0 radical (unpaired) electrons. The average molecular weight is 312 g/mol. The number of nitrogens with one attached hydrogen (secondary N) is 1. The number of hydrogen-bond acceptors (Lipinski definition) is 3. The SMILES string of the molecule is C(=N/Nc1ccccc1)/c1c(-c2ccccc2)nc2ccccn12. The summed E-state index contributed by atoms with van der Waals surface area (Å²) in [4.78, 5) is 4.75. The summed E-state index contributed by atoms with van der Waals surface area (Å²) in [5.74, 6) is 0. The van der Waals surface area contributed by atoms with E-state index in [1.807, 2.05) is 83.5 Å². The number of imidazole rings is 1. The van der Waals surface area contributed by atoms with Gasteiger partial charge >= 0.3 is 0 Å². The standard InChI is InChI=1S/C20H16N4/c1-3-9-16(10-4-1)20-18(24-14-8-7-13-19(24)22-20)15-21-23-17-11-5-2-6-12-17/h1-15,23H/b21-15-. The van der Waals surface area contributed by atoms with Crippen LogP contribution in [0.1, 0.15) is 5.69 Å². The van der Waals surface area contributed by atoms with E-state index in [-0.39, 0.29) is 0 Å². The Balaban J connectivity index is 1.75. The number of pyridine rings is 1. The summed E-state index contributed by atoms with van der Waals surface area (Å²) in [6.45, 7) is 0. The summed E-state index contributed by atoms with van der Waals surface area (Å²) in [5.41, 5.74) is 7.84. The van der Waals surface area contributed by atoms with Gasteiger partial charge in [-0.3, -0.25) is 9.83 Å². The number of fused-ring (bicyclic) bond motifs is 1. The zero-order chi connectivity index (χ0) is 16.2. The van der Waals surface area contributed by atoms with Crippen molar-refractivity contribution in [2.45, 2.75) is 0 Å². The molecule has 4 rings (SSSR count). The average Bonchev–Trinajstić information content (AvgIpc) is 3.02. The molecule has 116 valence electrons. The van der Waals surface area contributed by atoms with Gasteiger partial charge < -0.3 is 0 Å². The smallest absolute Gasteiger partial charge is 0.137 e. The first kappa shape index (κ1) is 14.2. The van der Waals surface area contributed by atoms with Crippen LogP contribution in [-0.4, -0.2) is 15.6 Å². The Bertz CT molecular complexity index is 972. The molecule has 0 bridgehead atoms. The summed E-state index contributed by atoms with van der Waals surface area (Å²) in [6.07, 6.45) is 3.81. The highest BCUT2D eigenvalue weighted by molar-refractivity contribution is 5.89. The van der Waals surface area contributed by atoms with Gasteiger partial charge in [-0.15, -0.1) is 0 Å². The van der Waals surface area contributed by atoms with Crippen molar-refractivity contribution in [2.24, 2.45) is 5.10 Å². The second kappa shape index (κ2) is 6.38. The molecular weight excluding hydrogens is 296 g/mol. The highest BCUT2D eigenvalue weighted by atomic mass is 15.3. The van der Waals surface area contributed by atoms with Gasteiger partial charge in [-0.25, -0.2) is 4.98 Å². The van der Waals surface area contributed by atoms with E-state index in [0.29, 0.717) is 0 Å². The Labute approximate surface area is 140 Å². The van der Waals surface area contributed by atoms with E-state index in [9.17, 15) is 0 Å². The molecule has 4 heteroatoms. The molecule has 0 unspecified atom stereocenters. The molecule has 0 aliphatic carbocycles. The lowest BCUT2D eigenvalue weighted by atomic mass is 10.1. The van der Waals surface area contributed by atoms with Crippen molar-refractivity contribution in [1.82, 2.24) is 9.38 Å². The minimum absolute atomic E-state index is 0.900. The lowest BCUT2D eigenvalue weighted by molar-refractivity contribution is 1.17. The number of hydrogen-bond donors (Lipinski definition) is 1. The zero-order valence-corrected chi connectivity index (χ0v) is 13.0. The van der Waals surface area contributed by atoms with Gasteiger partial charge in [0, 0.05) is 11.8 Å². The Morgan fingerprint density at radius 3 is 2.33 bits per heavy atom. The number of para-hydroxylation sites is 1. The normalized spacial score (nSPS) is 11.2. The van der Waals surface area contributed by atoms with Crippen LogP contribution in [0.4, 0.5) is 5.69 Å². The Kier molecular flexibility index (Phi) is 3.78. The first-order valence-corrected chi connectivity index (χ1v) is 7.78. The molecule has 4 nitrogen and oxygen atoms in total. The van der Waals surface area contributed by atoms with Crippen LogP contribution >= 0.6 is 0 Å². The zero-order valence-electron chi connectivity index (χ0n) is 13.0. The second-order valence-electron chi connectivity index (χ2n) is 5.38. The van der Waals surface area contributed by atoms with E-state index < -0.39 is 0 Å². The van der Waals surface area contributed by atoms with E-state index in [2.05, 4.69) is 22.7 Å². The van der Waals surface area contributed by atoms with Gasteiger partial charge in [0.15, 0.2) is 0 Å². The van der Waals surface area contributed by atoms with Gasteiger partial charge in [-0.05, 0) is 24.3 Å². The molecule has 0 atom stereocenters. The molecule has 1 N–H and O–H groups in total. The molecule has 2 aromatic carbocycles. The van der Waals surface area contributed by atoms with Crippen molar-refractivity contribution >= 4 is 17.5 Å². The highest BCUT2D eigenvalue weighted by Crippen LogP contribution is 2.23. The van der Waals surface area contributed by atoms with Crippen LogP contribution < -0.4 is 5.43 Å². The summed E-state index contributed by atoms with van der Waals surface area (Å²) in [6, 6.07) is 26.0. The first-order valence-electron chi connectivity index (χ1n) is 7.78. The largest absolute Gasteiger partial charge is 0.298 e. The van der Waals surface area contributed by atoms with E-state index in [4.69, 9.17) is 4.98 Å². The van der Waals surface area contributed by atoms with Gasteiger partial charge in [0.1, 0.15) is 5.65 Å². The number of anilines is 1. The number of rotatable bonds is 4. The third-order valence-corrected chi connectivity index (χ3v) is 3.77. The fraction of sp³-hybridized carbons (Fsp3) is 0. The number of nitrogens with zero attached hydrogens (tertiary/aromatic N) is 3. The van der Waals surface area contributed by atoms with E-state index in [1.165, 1.54) is 0 Å². The molecule has 0 saturated carbocycles. The summed E-state index contributed by atoms with van der Waals surface area (Å²) in [5, 5.41) is 4.38. The van der Waals surface area contributed by atoms with Gasteiger partial charge in [-0.2, -0.15) is 5.10 Å². The number of benzene rings is 2. The fourth-order valence-electron chi connectivity index (χ4n) is 2.63. The topological polar surface area (TPSA) is 41.7 Å². The lowest BCUT2D eigenvalue weighted by Gasteiger charge is -2.01. The van der Waals surface area contributed by atoms with Gasteiger partial charge in [-0.1, -0.05) is 54.6 Å². The lowest BCUT2D eigenvalue weighted by Crippen LogP contribution is -1.96. The van der Waals surface area contributed by atoms with Crippen LogP contribution in [0, 0.1) is 0 Å². The molecule has 0 saturated heterocycles. The number of aromatic nitrogens is 2. The monoisotopic (exact) mass is 312 g/mol. The van der Waals surface area contributed by atoms with Gasteiger partial charge in [0.2, 0.25) is 0 Å². The van der Waals surface area contributed by atoms with E-state index >= 15 is 0 Å². The maximum absolute atomic E-state index is 4.75. The van der Waals surface area contributed by atoms with Crippen LogP contribution in [0.5, 0.6) is 0 Å². The van der Waals surface area contributed by atoms with Crippen LogP contribution in [0.25, 0.3) is 16.9 Å². The van der Waals surface area contributed by atoms with Gasteiger partial charge in [0.05, 0.1) is 23.3 Å². The van der Waals surface area contributed by atoms with E-state index in [1.54, 1.807) is 0 Å². The van der Waals surface area contributed by atoms with Crippen molar-refractivity contribution in [2.75, 3.05) is 5.43 Å². The molecular formula is C20H16N4. The molecule has 0 aliphatic rings. The van der Waals surface area contributed by atoms with Crippen molar-refractivity contribution in [3.05, 3.63) is 90.8 Å². The first-order chi connectivity index (χ1) is 11.9. The third-order valence-electron chi connectivity index (χ3n) is 3.77. The Hall–Kier alpha value is -3.40. The molecule has 0 spiro atoms. The maximum Gasteiger partial charge on any atom is 0.137 e. The predicted molar refractivity (Wildman–Crippen MR) is 98.3 cm³/mol. The summed E-state index contributed by atoms with van der Waals surface area (Å²) in [7, 11) is 0. The van der Waals surface area contributed by atoms with Crippen LogP contribution in [-0.2, 0) is 0 Å². The van der Waals surface area contributed by atoms with Crippen molar-refractivity contribution in [1.29, 1.82) is 0 Å². The van der Waals surface area contributed by atoms with E-state index in [0.717, 1.165) is 28.3 Å². The predicted octanol–water partition coefficient (Wildman–Crippen LogP) is 4.45. The Morgan fingerprint density at radius 1 is 0.833 bits per heavy atom. The third kappa shape index (κ3) is 2.77. The van der Waals surface area contributed by atoms with Crippen molar-refractivity contribution < 1.29 is 0 Å². The molecule has 2 heterocycles. The molecule has 0 aliphatic heterocycles. The quantitative estimate of drug-likeness (QED) is 0.447. The number of hydrazone groups is 1. The maximum atomic E-state index is 4.75. The van der Waals surface area contributed by atoms with Gasteiger partial charge in [0.25, 0.3) is 0 Å². The minimum Gasteiger partial charge on any atom is -0.298 e. The highest BCUT2D eigenvalue weighted by Gasteiger charge is 2.11. The molecule has 0 amide bonds. The van der Waals surface area contributed by atoms with Crippen LogP contribution in [0.15, 0.2) is 90.2 Å². The Morgan fingerprint density at radius 2 is 1.54 bits per heavy atom. The van der Waals surface area contributed by atoms with Crippen molar-refractivity contribution in [3.63, 3.8) is 0 Å². The molecule has 4 aromatic rings. The fourth-order valence-corrected chi connectivity index (χ4v) is 2.63. The molecule has 0 fully saturated rings. The van der Waals surface area contributed by atoms with Crippen molar-refractivity contribution in [3.8, 4) is 11.3 Å². The summed E-state index contributed by atoms with van der Waals surface area (Å²) < 4.78 is 2.04. The second-order valence-corrected chi connectivity index (χ2v) is 5.38. The van der Waals surface area contributed by atoms with Crippen LogP contribution in [0.2, 0.25) is 0 Å². The van der Waals surface area contributed by atoms with Crippen LogP contribution in [0.3, 0.4) is 0 Å². The molecule has 2 aromatic heterocycles. The minimum atomic E-state index is 0.900. The summed E-state index contributed by atoms with van der Waals surface area (Å²) >= 11 is 0. The molecule has 24 heavy (non-hydrogen) atoms.